The van der Waals surface area contributed by atoms with E-state index in [1.54, 1.807) is 11.8 Å². The summed E-state index contributed by atoms with van der Waals surface area (Å²) in [7, 11) is 1.64. The van der Waals surface area contributed by atoms with Crippen LogP contribution >= 0.6 is 0 Å². The van der Waals surface area contributed by atoms with Gasteiger partial charge in [-0.05, 0) is 48.9 Å². The van der Waals surface area contributed by atoms with E-state index < -0.39 is 0 Å². The molecule has 6 heteroatoms. The predicted molar refractivity (Wildman–Crippen MR) is 88.6 cm³/mol. The molecule has 0 radical (unpaired) electrons. The van der Waals surface area contributed by atoms with Gasteiger partial charge in [0.05, 0.1) is 25.5 Å². The van der Waals surface area contributed by atoms with Crippen LogP contribution in [-0.4, -0.2) is 28.0 Å². The van der Waals surface area contributed by atoms with Crippen LogP contribution in [0.1, 0.15) is 18.5 Å². The first-order valence-electron chi connectivity index (χ1n) is 8.24. The number of rotatable bonds is 5. The SMILES string of the molecule is COc1ccc(-n2cc(CNC(=O)C3CC4C=CC3C4)nn2)cc1. The third kappa shape index (κ3) is 2.79. The van der Waals surface area contributed by atoms with Crippen molar-refractivity contribution in [1.29, 1.82) is 0 Å². The third-order valence-electron chi connectivity index (χ3n) is 4.94. The van der Waals surface area contributed by atoms with E-state index in [2.05, 4.69) is 27.8 Å². The molecule has 1 N–H and O–H groups in total. The third-order valence-corrected chi connectivity index (χ3v) is 4.94. The van der Waals surface area contributed by atoms with Crippen LogP contribution in [0.15, 0.2) is 42.6 Å². The second kappa shape index (κ2) is 6.11. The van der Waals surface area contributed by atoms with Crippen molar-refractivity contribution >= 4 is 5.91 Å². The largest absolute Gasteiger partial charge is 0.497 e. The highest BCUT2D eigenvalue weighted by atomic mass is 16.5. The number of allylic oxidation sites excluding steroid dienone is 2. The van der Waals surface area contributed by atoms with Gasteiger partial charge in [-0.2, -0.15) is 0 Å². The molecule has 1 heterocycles. The molecule has 6 nitrogen and oxygen atoms in total. The summed E-state index contributed by atoms with van der Waals surface area (Å²) in [6, 6.07) is 7.58. The average molecular weight is 324 g/mol. The van der Waals surface area contributed by atoms with E-state index in [1.807, 2.05) is 30.5 Å². The standard InChI is InChI=1S/C18H20N4O2/c1-24-16-6-4-15(5-7-16)22-11-14(20-21-22)10-19-18(23)17-9-12-2-3-13(17)8-12/h2-7,11-13,17H,8-10H2,1H3,(H,19,23). The van der Waals surface area contributed by atoms with Crippen molar-refractivity contribution < 1.29 is 9.53 Å². The normalized spacial score (nSPS) is 24.3. The molecule has 1 aromatic carbocycles. The number of fused-ring (bicyclic) bond motifs is 2. The van der Waals surface area contributed by atoms with Crippen molar-refractivity contribution in [2.45, 2.75) is 19.4 Å². The summed E-state index contributed by atoms with van der Waals surface area (Å²) in [5, 5.41) is 11.3. The van der Waals surface area contributed by atoms with Crippen molar-refractivity contribution in [2.75, 3.05) is 7.11 Å². The van der Waals surface area contributed by atoms with Crippen molar-refractivity contribution in [1.82, 2.24) is 20.3 Å². The van der Waals surface area contributed by atoms with Gasteiger partial charge in [0, 0.05) is 5.92 Å². The molecule has 2 bridgehead atoms. The lowest BCUT2D eigenvalue weighted by atomic mass is 9.93. The van der Waals surface area contributed by atoms with Gasteiger partial charge in [0.15, 0.2) is 0 Å². The number of hydrogen-bond donors (Lipinski definition) is 1. The van der Waals surface area contributed by atoms with Gasteiger partial charge >= 0.3 is 0 Å². The highest BCUT2D eigenvalue weighted by Crippen LogP contribution is 2.43. The van der Waals surface area contributed by atoms with Crippen LogP contribution < -0.4 is 10.1 Å². The number of methoxy groups -OCH3 is 1. The number of nitrogens with zero attached hydrogens (tertiary/aromatic N) is 3. The van der Waals surface area contributed by atoms with Gasteiger partial charge in [0.25, 0.3) is 0 Å². The topological polar surface area (TPSA) is 69.0 Å². The fraction of sp³-hybridized carbons (Fsp3) is 0.389. The monoisotopic (exact) mass is 324 g/mol. The minimum absolute atomic E-state index is 0.122. The summed E-state index contributed by atoms with van der Waals surface area (Å²) in [5.74, 6) is 2.07. The minimum Gasteiger partial charge on any atom is -0.497 e. The lowest BCUT2D eigenvalue weighted by molar-refractivity contribution is -0.125. The van der Waals surface area contributed by atoms with Gasteiger partial charge in [0.1, 0.15) is 11.4 Å². The van der Waals surface area contributed by atoms with Gasteiger partial charge in [0.2, 0.25) is 5.91 Å². The molecule has 3 atom stereocenters. The maximum Gasteiger partial charge on any atom is 0.224 e. The Labute approximate surface area is 140 Å². The Morgan fingerprint density at radius 1 is 1.29 bits per heavy atom. The first kappa shape index (κ1) is 14.9. The fourth-order valence-electron chi connectivity index (χ4n) is 3.63. The number of hydrogen-bond acceptors (Lipinski definition) is 4. The van der Waals surface area contributed by atoms with Gasteiger partial charge in [-0.15, -0.1) is 5.10 Å². The Bertz CT molecular complexity index is 766. The van der Waals surface area contributed by atoms with Crippen LogP contribution in [0.3, 0.4) is 0 Å². The van der Waals surface area contributed by atoms with Gasteiger partial charge in [-0.1, -0.05) is 17.4 Å². The van der Waals surface area contributed by atoms with Crippen LogP contribution in [0.5, 0.6) is 5.75 Å². The zero-order valence-electron chi connectivity index (χ0n) is 13.6. The van der Waals surface area contributed by atoms with E-state index in [4.69, 9.17) is 4.74 Å². The Hall–Kier alpha value is -2.63. The molecule has 0 spiro atoms. The van der Waals surface area contributed by atoms with Crippen LogP contribution in [0.4, 0.5) is 0 Å². The van der Waals surface area contributed by atoms with Crippen LogP contribution in [0.2, 0.25) is 0 Å². The molecule has 0 saturated heterocycles. The Kier molecular flexibility index (Phi) is 3.80. The van der Waals surface area contributed by atoms with E-state index in [0.717, 1.165) is 30.0 Å². The number of carbonyl (C=O) groups is 1. The Balaban J connectivity index is 1.36. The molecule has 1 saturated carbocycles. The molecule has 124 valence electrons. The summed E-state index contributed by atoms with van der Waals surface area (Å²) >= 11 is 0. The van der Waals surface area contributed by atoms with E-state index in [-0.39, 0.29) is 11.8 Å². The highest BCUT2D eigenvalue weighted by molar-refractivity contribution is 5.79. The zero-order valence-corrected chi connectivity index (χ0v) is 13.6. The smallest absolute Gasteiger partial charge is 0.224 e. The molecule has 24 heavy (non-hydrogen) atoms. The lowest BCUT2D eigenvalue weighted by Gasteiger charge is -2.16. The van der Waals surface area contributed by atoms with E-state index in [0.29, 0.717) is 18.4 Å². The summed E-state index contributed by atoms with van der Waals surface area (Å²) in [6.07, 6.45) is 8.38. The van der Waals surface area contributed by atoms with Crippen molar-refractivity contribution in [3.63, 3.8) is 0 Å². The quantitative estimate of drug-likeness (QED) is 0.855. The summed E-state index contributed by atoms with van der Waals surface area (Å²) in [6.45, 7) is 0.409. The average Bonchev–Trinajstić information content (AvgIpc) is 3.36. The Morgan fingerprint density at radius 3 is 2.79 bits per heavy atom. The van der Waals surface area contributed by atoms with E-state index >= 15 is 0 Å². The summed E-state index contributed by atoms with van der Waals surface area (Å²) in [4.78, 5) is 12.3. The maximum atomic E-state index is 12.3. The second-order valence-corrected chi connectivity index (χ2v) is 6.46. The summed E-state index contributed by atoms with van der Waals surface area (Å²) < 4.78 is 6.84. The number of nitrogens with one attached hydrogen (secondary N) is 1. The highest BCUT2D eigenvalue weighted by Gasteiger charge is 2.39. The molecule has 1 aromatic heterocycles. The second-order valence-electron chi connectivity index (χ2n) is 6.46. The molecule has 2 aliphatic carbocycles. The molecule has 0 aliphatic heterocycles. The number of aromatic nitrogens is 3. The van der Waals surface area contributed by atoms with Crippen molar-refractivity contribution in [3.05, 3.63) is 48.3 Å². The number of benzene rings is 1. The molecule has 2 aliphatic rings. The maximum absolute atomic E-state index is 12.3. The Morgan fingerprint density at radius 2 is 2.12 bits per heavy atom. The predicted octanol–water partition coefficient (Wildman–Crippen LogP) is 2.10. The van der Waals surface area contributed by atoms with E-state index in [9.17, 15) is 4.79 Å². The van der Waals surface area contributed by atoms with Crippen molar-refractivity contribution in [2.24, 2.45) is 17.8 Å². The summed E-state index contributed by atoms with van der Waals surface area (Å²) in [5.41, 5.74) is 1.65. The minimum atomic E-state index is 0.122. The van der Waals surface area contributed by atoms with Crippen molar-refractivity contribution in [3.8, 4) is 11.4 Å². The van der Waals surface area contributed by atoms with Crippen LogP contribution in [-0.2, 0) is 11.3 Å². The van der Waals surface area contributed by atoms with Gasteiger partial charge < -0.3 is 10.1 Å². The first-order valence-corrected chi connectivity index (χ1v) is 8.24. The van der Waals surface area contributed by atoms with Crippen LogP contribution in [0.25, 0.3) is 5.69 Å². The number of amides is 1. The van der Waals surface area contributed by atoms with Crippen LogP contribution in [0, 0.1) is 17.8 Å². The zero-order chi connectivity index (χ0) is 16.5. The molecule has 1 fully saturated rings. The van der Waals surface area contributed by atoms with Gasteiger partial charge in [-0.3, -0.25) is 4.79 Å². The fourth-order valence-corrected chi connectivity index (χ4v) is 3.63. The molecular weight excluding hydrogens is 304 g/mol. The lowest BCUT2D eigenvalue weighted by Crippen LogP contribution is -2.32. The molecular formula is C18H20N4O2. The van der Waals surface area contributed by atoms with E-state index in [1.165, 1.54) is 0 Å². The molecule has 4 rings (SSSR count). The molecule has 3 unspecified atom stereocenters. The number of carbonyl (C=O) groups excluding carboxylic acids is 1. The molecule has 1 amide bonds. The van der Waals surface area contributed by atoms with Gasteiger partial charge in [-0.25, -0.2) is 4.68 Å². The first-order chi connectivity index (χ1) is 11.7. The number of ether oxygens (including phenoxy) is 1. The molecule has 2 aromatic rings.